The number of hydrogen-bond donors (Lipinski definition) is 1. The van der Waals surface area contributed by atoms with Crippen molar-refractivity contribution in [2.24, 2.45) is 5.84 Å². The van der Waals surface area contributed by atoms with Gasteiger partial charge in [0, 0.05) is 12.1 Å². The van der Waals surface area contributed by atoms with E-state index in [0.717, 1.165) is 6.42 Å². The van der Waals surface area contributed by atoms with Crippen LogP contribution in [0.15, 0.2) is 0 Å². The molecule has 2 nitrogen and oxygen atoms in total. The molecule has 0 spiro atoms. The van der Waals surface area contributed by atoms with Crippen molar-refractivity contribution in [2.75, 3.05) is 0 Å². The fourth-order valence-electron chi connectivity index (χ4n) is 1.95. The third-order valence-corrected chi connectivity index (χ3v) is 3.10. The average molecular weight is 170 g/mol. The van der Waals surface area contributed by atoms with Crippen LogP contribution in [0.4, 0.5) is 0 Å². The van der Waals surface area contributed by atoms with Gasteiger partial charge in [-0.15, -0.1) is 0 Å². The van der Waals surface area contributed by atoms with E-state index >= 15 is 0 Å². The Labute approximate surface area is 76.1 Å². The van der Waals surface area contributed by atoms with Crippen LogP contribution in [0.1, 0.15) is 52.4 Å². The van der Waals surface area contributed by atoms with E-state index in [1.165, 1.54) is 32.1 Å². The minimum absolute atomic E-state index is 0.549. The zero-order valence-electron chi connectivity index (χ0n) is 8.42. The quantitative estimate of drug-likeness (QED) is 0.520. The topological polar surface area (TPSA) is 29.3 Å². The molecule has 0 aromatic heterocycles. The van der Waals surface area contributed by atoms with Gasteiger partial charge in [0.15, 0.2) is 0 Å². The van der Waals surface area contributed by atoms with E-state index in [1.807, 2.05) is 0 Å². The third kappa shape index (κ3) is 2.46. The summed E-state index contributed by atoms with van der Waals surface area (Å²) in [6, 6.07) is 1.21. The molecule has 1 aliphatic rings. The van der Waals surface area contributed by atoms with Crippen molar-refractivity contribution in [1.82, 2.24) is 5.01 Å². The molecule has 0 amide bonds. The lowest BCUT2D eigenvalue weighted by molar-refractivity contribution is 0.111. The predicted molar refractivity (Wildman–Crippen MR) is 52.7 cm³/mol. The van der Waals surface area contributed by atoms with Crippen LogP contribution in [0, 0.1) is 0 Å². The van der Waals surface area contributed by atoms with E-state index in [1.54, 1.807) is 0 Å². The third-order valence-electron chi connectivity index (χ3n) is 3.10. The Morgan fingerprint density at radius 2 is 1.92 bits per heavy atom. The van der Waals surface area contributed by atoms with Gasteiger partial charge in [-0.3, -0.25) is 5.84 Å². The lowest BCUT2D eigenvalue weighted by Gasteiger charge is -2.34. The zero-order chi connectivity index (χ0) is 8.97. The standard InChI is InChI=1S/C10H22N2/c1-3-9(2)12(11)10-7-5-4-6-8-10/h9-10H,3-8,11H2,1-2H3. The van der Waals surface area contributed by atoms with Gasteiger partial charge in [0.05, 0.1) is 0 Å². The first-order valence-electron chi connectivity index (χ1n) is 5.28. The van der Waals surface area contributed by atoms with Gasteiger partial charge in [0.1, 0.15) is 0 Å². The van der Waals surface area contributed by atoms with Crippen molar-refractivity contribution in [1.29, 1.82) is 0 Å². The summed E-state index contributed by atoms with van der Waals surface area (Å²) in [5, 5.41) is 2.08. The van der Waals surface area contributed by atoms with Gasteiger partial charge in [0.2, 0.25) is 0 Å². The number of nitrogens with zero attached hydrogens (tertiary/aromatic N) is 1. The van der Waals surface area contributed by atoms with Gasteiger partial charge in [-0.1, -0.05) is 26.2 Å². The molecule has 1 atom stereocenters. The largest absolute Gasteiger partial charge is 0.268 e. The van der Waals surface area contributed by atoms with Gasteiger partial charge < -0.3 is 0 Å². The lowest BCUT2D eigenvalue weighted by Crippen LogP contribution is -2.47. The molecule has 1 unspecified atom stereocenters. The Morgan fingerprint density at radius 1 is 1.33 bits per heavy atom. The zero-order valence-corrected chi connectivity index (χ0v) is 8.42. The Kier molecular flexibility index (Phi) is 4.02. The summed E-state index contributed by atoms with van der Waals surface area (Å²) >= 11 is 0. The highest BCUT2D eigenvalue weighted by Crippen LogP contribution is 2.22. The van der Waals surface area contributed by atoms with Crippen LogP contribution in [0.25, 0.3) is 0 Å². The summed E-state index contributed by atoms with van der Waals surface area (Å²) in [5.74, 6) is 6.04. The molecule has 0 heterocycles. The van der Waals surface area contributed by atoms with E-state index < -0.39 is 0 Å². The fraction of sp³-hybridized carbons (Fsp3) is 1.00. The molecule has 0 aromatic carbocycles. The van der Waals surface area contributed by atoms with Crippen molar-refractivity contribution in [3.8, 4) is 0 Å². The van der Waals surface area contributed by atoms with E-state index in [0.29, 0.717) is 12.1 Å². The average Bonchev–Trinajstić information content (AvgIpc) is 2.17. The molecule has 1 rings (SSSR count). The van der Waals surface area contributed by atoms with E-state index in [2.05, 4.69) is 18.9 Å². The molecule has 0 saturated heterocycles. The van der Waals surface area contributed by atoms with Crippen LogP contribution in [-0.2, 0) is 0 Å². The molecule has 0 aromatic rings. The first kappa shape index (κ1) is 10.0. The van der Waals surface area contributed by atoms with Crippen LogP contribution in [0.3, 0.4) is 0 Å². The summed E-state index contributed by atoms with van der Waals surface area (Å²) in [6.07, 6.45) is 7.92. The van der Waals surface area contributed by atoms with Crippen molar-refractivity contribution in [2.45, 2.75) is 64.5 Å². The lowest BCUT2D eigenvalue weighted by atomic mass is 9.94. The van der Waals surface area contributed by atoms with Crippen LogP contribution >= 0.6 is 0 Å². The maximum Gasteiger partial charge on any atom is 0.0244 e. The van der Waals surface area contributed by atoms with E-state index in [-0.39, 0.29) is 0 Å². The number of hydrogen-bond acceptors (Lipinski definition) is 2. The second kappa shape index (κ2) is 4.83. The first-order chi connectivity index (χ1) is 5.75. The Morgan fingerprint density at radius 3 is 2.42 bits per heavy atom. The summed E-state index contributed by atoms with van der Waals surface area (Å²) < 4.78 is 0. The Balaban J connectivity index is 2.33. The number of nitrogens with two attached hydrogens (primary N) is 1. The molecule has 0 radical (unpaired) electrons. The monoisotopic (exact) mass is 170 g/mol. The normalized spacial score (nSPS) is 23.0. The summed E-state index contributed by atoms with van der Waals surface area (Å²) in [4.78, 5) is 0. The highest BCUT2D eigenvalue weighted by atomic mass is 15.4. The minimum atomic E-state index is 0.549. The smallest absolute Gasteiger partial charge is 0.0244 e. The van der Waals surface area contributed by atoms with Crippen LogP contribution in [-0.4, -0.2) is 17.1 Å². The summed E-state index contributed by atoms with van der Waals surface area (Å²) in [5.41, 5.74) is 0. The van der Waals surface area contributed by atoms with E-state index in [9.17, 15) is 0 Å². The van der Waals surface area contributed by atoms with Gasteiger partial charge in [-0.05, 0) is 26.2 Å². The van der Waals surface area contributed by atoms with Gasteiger partial charge in [0.25, 0.3) is 0 Å². The van der Waals surface area contributed by atoms with Crippen LogP contribution in [0.2, 0.25) is 0 Å². The molecule has 0 aliphatic heterocycles. The Hall–Kier alpha value is -0.0800. The van der Waals surface area contributed by atoms with Crippen LogP contribution < -0.4 is 5.84 Å². The summed E-state index contributed by atoms with van der Waals surface area (Å²) in [6.45, 7) is 4.42. The highest BCUT2D eigenvalue weighted by Gasteiger charge is 2.21. The number of hydrazine groups is 1. The van der Waals surface area contributed by atoms with E-state index in [4.69, 9.17) is 5.84 Å². The van der Waals surface area contributed by atoms with Crippen molar-refractivity contribution in [3.05, 3.63) is 0 Å². The second-order valence-corrected chi connectivity index (χ2v) is 4.00. The maximum absolute atomic E-state index is 6.04. The van der Waals surface area contributed by atoms with Crippen LogP contribution in [0.5, 0.6) is 0 Å². The minimum Gasteiger partial charge on any atom is -0.268 e. The predicted octanol–water partition coefficient (Wildman–Crippen LogP) is 2.29. The van der Waals surface area contributed by atoms with Crippen molar-refractivity contribution in [3.63, 3.8) is 0 Å². The highest BCUT2D eigenvalue weighted by molar-refractivity contribution is 4.75. The molecule has 12 heavy (non-hydrogen) atoms. The maximum atomic E-state index is 6.04. The second-order valence-electron chi connectivity index (χ2n) is 4.00. The molecule has 1 saturated carbocycles. The SMILES string of the molecule is CCC(C)N(N)C1CCCCC1. The van der Waals surface area contributed by atoms with Crippen molar-refractivity contribution < 1.29 is 0 Å². The molecule has 2 heteroatoms. The molecule has 1 aliphatic carbocycles. The van der Waals surface area contributed by atoms with Gasteiger partial charge in [-0.25, -0.2) is 5.01 Å². The van der Waals surface area contributed by atoms with Crippen molar-refractivity contribution >= 4 is 0 Å². The molecule has 2 N–H and O–H groups in total. The van der Waals surface area contributed by atoms with Gasteiger partial charge >= 0.3 is 0 Å². The molecular formula is C10H22N2. The van der Waals surface area contributed by atoms with Gasteiger partial charge in [-0.2, -0.15) is 0 Å². The number of rotatable bonds is 3. The first-order valence-corrected chi connectivity index (χ1v) is 5.28. The molecule has 0 bridgehead atoms. The summed E-state index contributed by atoms with van der Waals surface area (Å²) in [7, 11) is 0. The molecular weight excluding hydrogens is 148 g/mol. The fourth-order valence-corrected chi connectivity index (χ4v) is 1.95. The molecule has 72 valence electrons. The molecule has 1 fully saturated rings. The Bertz CT molecular complexity index is 119.